The molecule has 7 heteroatoms. The summed E-state index contributed by atoms with van der Waals surface area (Å²) in [6, 6.07) is 4.10. The van der Waals surface area contributed by atoms with Crippen molar-refractivity contribution in [2.75, 3.05) is 0 Å². The third-order valence-corrected chi connectivity index (χ3v) is 3.13. The van der Waals surface area contributed by atoms with E-state index in [0.29, 0.717) is 16.3 Å². The van der Waals surface area contributed by atoms with Crippen LogP contribution in [-0.2, 0) is 14.9 Å². The van der Waals surface area contributed by atoms with E-state index >= 15 is 0 Å². The van der Waals surface area contributed by atoms with Crippen LogP contribution < -0.4 is 15.1 Å². The Bertz CT molecular complexity index is 777. The zero-order valence-electron chi connectivity index (χ0n) is 11.3. The number of hydrogen-bond acceptors (Lipinski definition) is 6. The van der Waals surface area contributed by atoms with Crippen molar-refractivity contribution in [1.29, 1.82) is 0 Å². The zero-order valence-corrected chi connectivity index (χ0v) is 12.9. The van der Waals surface area contributed by atoms with E-state index in [0.717, 1.165) is 0 Å². The maximum Gasteiger partial charge on any atom is 0.336 e. The lowest BCUT2D eigenvalue weighted by Crippen LogP contribution is -2.07. The van der Waals surface area contributed by atoms with E-state index in [1.165, 1.54) is 32.0 Å². The van der Waals surface area contributed by atoms with Gasteiger partial charge < -0.3 is 13.9 Å². The Hall–Kier alpha value is -2.15. The first-order valence-electron chi connectivity index (χ1n) is 5.94. The molecule has 1 heterocycles. The molecule has 21 heavy (non-hydrogen) atoms. The van der Waals surface area contributed by atoms with Crippen LogP contribution in [0.5, 0.6) is 11.5 Å². The van der Waals surface area contributed by atoms with Crippen molar-refractivity contribution in [3.63, 3.8) is 0 Å². The van der Waals surface area contributed by atoms with Crippen LogP contribution in [0.1, 0.15) is 19.4 Å². The van der Waals surface area contributed by atoms with Crippen molar-refractivity contribution in [1.82, 2.24) is 0 Å². The van der Waals surface area contributed by atoms with Crippen LogP contribution in [0.3, 0.4) is 0 Å². The van der Waals surface area contributed by atoms with E-state index in [1.54, 1.807) is 0 Å². The Morgan fingerprint density at radius 3 is 2.38 bits per heavy atom. The largest absolute Gasteiger partial charge is 0.426 e. The minimum atomic E-state index is -0.550. The summed E-state index contributed by atoms with van der Waals surface area (Å²) in [5, 5.41) is 0.841. The lowest BCUT2D eigenvalue weighted by molar-refractivity contribution is -0.132. The molecular weight excluding hydrogens is 344 g/mol. The molecule has 0 radical (unpaired) electrons. The Balaban J connectivity index is 2.76. The third-order valence-electron chi connectivity index (χ3n) is 2.52. The summed E-state index contributed by atoms with van der Waals surface area (Å²) < 4.78 is 15.2. The Morgan fingerprint density at radius 2 is 1.81 bits per heavy atom. The number of halogens is 1. The fourth-order valence-electron chi connectivity index (χ4n) is 1.88. The summed E-state index contributed by atoms with van der Waals surface area (Å²) in [5.41, 5.74) is 0.226. The maximum absolute atomic E-state index is 11.5. The van der Waals surface area contributed by atoms with Crippen LogP contribution in [0.25, 0.3) is 11.0 Å². The normalized spacial score (nSPS) is 10.4. The number of carbonyl (C=O) groups is 2. The average molecular weight is 355 g/mol. The van der Waals surface area contributed by atoms with E-state index < -0.39 is 17.6 Å². The first-order chi connectivity index (χ1) is 9.90. The molecule has 110 valence electrons. The van der Waals surface area contributed by atoms with Gasteiger partial charge in [0.1, 0.15) is 17.1 Å². The van der Waals surface area contributed by atoms with Gasteiger partial charge in [-0.15, -0.1) is 0 Å². The Morgan fingerprint density at radius 1 is 1.14 bits per heavy atom. The molecule has 0 spiro atoms. The lowest BCUT2D eigenvalue weighted by atomic mass is 10.1. The van der Waals surface area contributed by atoms with Gasteiger partial charge in [-0.25, -0.2) is 4.79 Å². The highest BCUT2D eigenvalue weighted by atomic mass is 79.9. The van der Waals surface area contributed by atoms with Gasteiger partial charge in [0.05, 0.1) is 5.39 Å². The van der Waals surface area contributed by atoms with E-state index in [9.17, 15) is 14.4 Å². The van der Waals surface area contributed by atoms with E-state index in [-0.39, 0.29) is 17.1 Å². The molecule has 0 aliphatic heterocycles. The molecule has 0 unspecified atom stereocenters. The van der Waals surface area contributed by atoms with Crippen molar-refractivity contribution >= 4 is 38.8 Å². The van der Waals surface area contributed by atoms with Crippen LogP contribution >= 0.6 is 15.9 Å². The van der Waals surface area contributed by atoms with Gasteiger partial charge in [0.25, 0.3) is 0 Å². The Labute approximate surface area is 127 Å². The first-order valence-corrected chi connectivity index (χ1v) is 7.06. The van der Waals surface area contributed by atoms with Gasteiger partial charge in [-0.3, -0.25) is 9.59 Å². The summed E-state index contributed by atoms with van der Waals surface area (Å²) in [4.78, 5) is 33.8. The summed E-state index contributed by atoms with van der Waals surface area (Å²) in [7, 11) is 0. The number of esters is 2. The monoisotopic (exact) mass is 354 g/mol. The SMILES string of the molecule is CC(=O)Oc1cc(OC(C)=O)c2c(CBr)cc(=O)oc2c1. The number of rotatable bonds is 3. The predicted octanol–water partition coefficient (Wildman–Crippen LogP) is 2.54. The number of alkyl halides is 1. The smallest absolute Gasteiger partial charge is 0.336 e. The zero-order chi connectivity index (χ0) is 15.6. The third kappa shape index (κ3) is 3.49. The molecule has 0 fully saturated rings. The highest BCUT2D eigenvalue weighted by Crippen LogP contribution is 2.34. The van der Waals surface area contributed by atoms with E-state index in [4.69, 9.17) is 13.9 Å². The molecule has 0 N–H and O–H groups in total. The molecule has 2 aromatic rings. The van der Waals surface area contributed by atoms with Crippen molar-refractivity contribution in [2.24, 2.45) is 0 Å². The molecule has 1 aromatic carbocycles. The highest BCUT2D eigenvalue weighted by molar-refractivity contribution is 9.08. The van der Waals surface area contributed by atoms with Gasteiger partial charge in [0.15, 0.2) is 0 Å². The van der Waals surface area contributed by atoms with Gasteiger partial charge in [0, 0.05) is 37.4 Å². The van der Waals surface area contributed by atoms with Crippen LogP contribution in [0.2, 0.25) is 0 Å². The fraction of sp³-hybridized carbons (Fsp3) is 0.214. The van der Waals surface area contributed by atoms with Gasteiger partial charge >= 0.3 is 17.6 Å². The Kier molecular flexibility index (Phi) is 4.42. The molecule has 6 nitrogen and oxygen atoms in total. The number of benzene rings is 1. The van der Waals surface area contributed by atoms with Crippen LogP contribution in [0.15, 0.2) is 27.4 Å². The van der Waals surface area contributed by atoms with E-state index in [1.807, 2.05) is 0 Å². The van der Waals surface area contributed by atoms with Gasteiger partial charge in [0.2, 0.25) is 0 Å². The van der Waals surface area contributed by atoms with Crippen LogP contribution in [0, 0.1) is 0 Å². The predicted molar refractivity (Wildman–Crippen MR) is 77.7 cm³/mol. The average Bonchev–Trinajstić information content (AvgIpc) is 2.35. The maximum atomic E-state index is 11.5. The van der Waals surface area contributed by atoms with Gasteiger partial charge in [-0.1, -0.05) is 15.9 Å². The van der Waals surface area contributed by atoms with Crippen molar-refractivity contribution in [3.05, 3.63) is 34.2 Å². The molecule has 1 aromatic heterocycles. The molecule has 0 aliphatic rings. The molecule has 2 rings (SSSR count). The molecule has 0 atom stereocenters. The number of hydrogen-bond donors (Lipinski definition) is 0. The minimum Gasteiger partial charge on any atom is -0.426 e. The standard InChI is InChI=1S/C14H11BrO6/c1-7(16)19-10-4-11(20-8(2)17)14-9(6-15)3-13(18)21-12(14)5-10/h3-5H,6H2,1-2H3. The molecule has 0 amide bonds. The summed E-state index contributed by atoms with van der Waals surface area (Å²) in [5.74, 6) is -0.791. The summed E-state index contributed by atoms with van der Waals surface area (Å²) in [6.45, 7) is 2.48. The molecule has 0 saturated carbocycles. The van der Waals surface area contributed by atoms with Gasteiger partial charge in [-0.2, -0.15) is 0 Å². The quantitative estimate of drug-likeness (QED) is 0.364. The van der Waals surface area contributed by atoms with Crippen LogP contribution in [0.4, 0.5) is 0 Å². The van der Waals surface area contributed by atoms with Crippen molar-refractivity contribution in [2.45, 2.75) is 19.2 Å². The number of ether oxygens (including phenoxy) is 2. The second-order valence-corrected chi connectivity index (χ2v) is 4.77. The minimum absolute atomic E-state index is 0.126. The number of carbonyl (C=O) groups excluding carboxylic acids is 2. The van der Waals surface area contributed by atoms with E-state index in [2.05, 4.69) is 15.9 Å². The molecule has 0 aliphatic carbocycles. The number of fused-ring (bicyclic) bond motifs is 1. The second kappa shape index (κ2) is 6.09. The van der Waals surface area contributed by atoms with Gasteiger partial charge in [-0.05, 0) is 5.56 Å². The first kappa shape index (κ1) is 15.2. The summed E-state index contributed by atoms with van der Waals surface area (Å²) >= 11 is 3.27. The second-order valence-electron chi connectivity index (χ2n) is 4.21. The molecule has 0 bridgehead atoms. The highest BCUT2D eigenvalue weighted by Gasteiger charge is 2.15. The fourth-order valence-corrected chi connectivity index (χ4v) is 2.32. The molecular formula is C14H11BrO6. The topological polar surface area (TPSA) is 82.8 Å². The van der Waals surface area contributed by atoms with Crippen molar-refractivity contribution < 1.29 is 23.5 Å². The molecule has 0 saturated heterocycles. The summed E-state index contributed by atoms with van der Waals surface area (Å²) in [6.07, 6.45) is 0. The lowest BCUT2D eigenvalue weighted by Gasteiger charge is -2.10. The van der Waals surface area contributed by atoms with Crippen molar-refractivity contribution in [3.8, 4) is 11.5 Å². The van der Waals surface area contributed by atoms with Crippen LogP contribution in [-0.4, -0.2) is 11.9 Å².